The van der Waals surface area contributed by atoms with Crippen LogP contribution in [0.1, 0.15) is 65.1 Å². The number of ether oxygens (including phenoxy) is 1. The highest BCUT2D eigenvalue weighted by Crippen LogP contribution is 2.33. The van der Waals surface area contributed by atoms with Gasteiger partial charge in [0.05, 0.1) is 6.61 Å². The Labute approximate surface area is 176 Å². The van der Waals surface area contributed by atoms with Gasteiger partial charge in [0.15, 0.2) is 0 Å². The van der Waals surface area contributed by atoms with Crippen LogP contribution >= 0.6 is 34.8 Å². The molecule has 0 aliphatic heterocycles. The van der Waals surface area contributed by atoms with Crippen LogP contribution in [0.3, 0.4) is 0 Å². The summed E-state index contributed by atoms with van der Waals surface area (Å²) < 4.78 is 5.05. The quantitative estimate of drug-likeness (QED) is 0.339. The van der Waals surface area contributed by atoms with Crippen LogP contribution in [0.2, 0.25) is 0 Å². The van der Waals surface area contributed by atoms with Crippen molar-refractivity contribution in [2.75, 3.05) is 24.4 Å². The topological polar surface area (TPSA) is 72.5 Å². The molecule has 27 heavy (non-hydrogen) atoms. The van der Waals surface area contributed by atoms with E-state index in [1.54, 1.807) is 20.8 Å². The van der Waals surface area contributed by atoms with Crippen LogP contribution in [-0.4, -0.2) is 35.5 Å². The molecule has 0 saturated heterocycles. The Morgan fingerprint density at radius 2 is 1.26 bits per heavy atom. The highest BCUT2D eigenvalue weighted by Gasteiger charge is 2.24. The minimum absolute atomic E-state index is 0.151. The molecule has 1 aromatic rings. The molecule has 1 N–H and O–H groups in total. The van der Waals surface area contributed by atoms with Gasteiger partial charge in [0, 0.05) is 22.7 Å². The van der Waals surface area contributed by atoms with Crippen molar-refractivity contribution in [3.05, 3.63) is 27.8 Å². The Balaban J connectivity index is 0. The summed E-state index contributed by atoms with van der Waals surface area (Å²) in [7, 11) is 0. The van der Waals surface area contributed by atoms with Gasteiger partial charge in [0.1, 0.15) is 6.61 Å². The number of alkyl halides is 1. The number of amides is 1. The molecule has 0 bridgehead atoms. The van der Waals surface area contributed by atoms with Crippen molar-refractivity contribution >= 4 is 56.9 Å². The van der Waals surface area contributed by atoms with Gasteiger partial charge in [-0.2, -0.15) is 0 Å². The summed E-state index contributed by atoms with van der Waals surface area (Å²) in [5, 5.41) is 1.17. The fraction of sp³-hybridized carbons (Fsp3) is 0.526. The second kappa shape index (κ2) is 14.9. The predicted octanol–water partition coefficient (Wildman–Crippen LogP) is 5.62. The van der Waals surface area contributed by atoms with Crippen LogP contribution in [0.25, 0.3) is 0 Å². The highest BCUT2D eigenvalue weighted by atomic mass is 35.5. The number of hydrogen-bond donors (Lipinski definition) is 1. The molecule has 0 fully saturated rings. The van der Waals surface area contributed by atoms with Gasteiger partial charge in [-0.3, -0.25) is 14.4 Å². The Morgan fingerprint density at radius 3 is 1.59 bits per heavy atom. The molecule has 8 heteroatoms. The number of carbonyl (C=O) groups excluding carboxylic acids is 3. The zero-order valence-corrected chi connectivity index (χ0v) is 19.2. The van der Waals surface area contributed by atoms with E-state index >= 15 is 0 Å². The van der Waals surface area contributed by atoms with E-state index in [1.807, 2.05) is 27.7 Å². The van der Waals surface area contributed by atoms with Gasteiger partial charge in [-0.15, -0.1) is 11.6 Å². The standard InChI is InChI=1S/C15H16Cl3NO4.2C2H6/c1-7-11(14(17)21)8(2)13(9(3)12(7)15(18)22)19-10(20)6-23-5-4-16;2*1-2/h4-6H2,1-3H3,(H,19,20);2*1-2H3. The third-order valence-electron chi connectivity index (χ3n) is 3.36. The first-order valence-corrected chi connectivity index (χ1v) is 9.98. The van der Waals surface area contributed by atoms with Crippen molar-refractivity contribution in [3.8, 4) is 0 Å². The molecule has 0 radical (unpaired) electrons. The maximum Gasteiger partial charge on any atom is 0.253 e. The Kier molecular flexibility index (Phi) is 15.5. The van der Waals surface area contributed by atoms with E-state index in [9.17, 15) is 14.4 Å². The number of halogens is 3. The highest BCUT2D eigenvalue weighted by molar-refractivity contribution is 6.69. The van der Waals surface area contributed by atoms with E-state index in [4.69, 9.17) is 39.5 Å². The minimum Gasteiger partial charge on any atom is -0.370 e. The number of anilines is 1. The third kappa shape index (κ3) is 8.18. The number of hydrogen-bond acceptors (Lipinski definition) is 4. The van der Waals surface area contributed by atoms with Crippen molar-refractivity contribution in [1.82, 2.24) is 0 Å². The van der Waals surface area contributed by atoms with Crippen molar-refractivity contribution in [1.29, 1.82) is 0 Å². The zero-order valence-electron chi connectivity index (χ0n) is 16.9. The normalized spacial score (nSPS) is 9.41. The molecule has 0 atom stereocenters. The lowest BCUT2D eigenvalue weighted by Crippen LogP contribution is -2.22. The first kappa shape index (κ1) is 28.1. The average molecular weight is 441 g/mol. The maximum atomic E-state index is 11.9. The van der Waals surface area contributed by atoms with E-state index < -0.39 is 16.4 Å². The molecule has 154 valence electrons. The van der Waals surface area contributed by atoms with Crippen molar-refractivity contribution in [3.63, 3.8) is 0 Å². The van der Waals surface area contributed by atoms with Gasteiger partial charge in [-0.25, -0.2) is 0 Å². The summed E-state index contributed by atoms with van der Waals surface area (Å²) in [5.41, 5.74) is 1.94. The van der Waals surface area contributed by atoms with E-state index in [0.29, 0.717) is 22.4 Å². The Bertz CT molecular complexity index is 620. The molecular weight excluding hydrogens is 413 g/mol. The van der Waals surface area contributed by atoms with E-state index in [1.165, 1.54) is 0 Å². The van der Waals surface area contributed by atoms with Crippen molar-refractivity contribution in [2.24, 2.45) is 0 Å². The molecule has 1 amide bonds. The van der Waals surface area contributed by atoms with Crippen LogP contribution in [0.5, 0.6) is 0 Å². The van der Waals surface area contributed by atoms with Gasteiger partial charge >= 0.3 is 0 Å². The fourth-order valence-corrected chi connectivity index (χ4v) is 3.07. The van der Waals surface area contributed by atoms with Crippen LogP contribution in [0, 0.1) is 20.8 Å². The van der Waals surface area contributed by atoms with Crippen molar-refractivity contribution in [2.45, 2.75) is 48.5 Å². The van der Waals surface area contributed by atoms with Crippen molar-refractivity contribution < 1.29 is 19.1 Å². The number of benzene rings is 1. The zero-order chi connectivity index (χ0) is 21.7. The molecule has 0 aliphatic rings. The second-order valence-corrected chi connectivity index (χ2v) is 5.90. The molecule has 5 nitrogen and oxygen atoms in total. The molecule has 0 spiro atoms. The summed E-state index contributed by atoms with van der Waals surface area (Å²) in [6.07, 6.45) is 0. The predicted molar refractivity (Wildman–Crippen MR) is 114 cm³/mol. The molecular formula is C19H28Cl3NO4. The summed E-state index contributed by atoms with van der Waals surface area (Å²) in [6.45, 7) is 12.9. The molecule has 1 aromatic carbocycles. The molecule has 0 unspecified atom stereocenters. The number of nitrogens with one attached hydrogen (secondary N) is 1. The lowest BCUT2D eigenvalue weighted by molar-refractivity contribution is -0.120. The summed E-state index contributed by atoms with van der Waals surface area (Å²) >= 11 is 16.7. The number of rotatable bonds is 7. The summed E-state index contributed by atoms with van der Waals surface area (Å²) in [6, 6.07) is 0. The molecule has 0 saturated carbocycles. The van der Waals surface area contributed by atoms with Gasteiger partial charge < -0.3 is 10.1 Å². The lowest BCUT2D eigenvalue weighted by Gasteiger charge is -2.19. The Hall–Kier alpha value is -1.14. The maximum absolute atomic E-state index is 11.9. The van der Waals surface area contributed by atoms with E-state index in [-0.39, 0.29) is 30.2 Å². The van der Waals surface area contributed by atoms with Crippen LogP contribution in [0.15, 0.2) is 0 Å². The Morgan fingerprint density at radius 1 is 0.852 bits per heavy atom. The first-order chi connectivity index (χ1) is 12.7. The van der Waals surface area contributed by atoms with Gasteiger partial charge in [-0.05, 0) is 60.7 Å². The summed E-state index contributed by atoms with van der Waals surface area (Å²) in [5.74, 6) is -0.169. The van der Waals surface area contributed by atoms with Gasteiger partial charge in [0.25, 0.3) is 10.5 Å². The van der Waals surface area contributed by atoms with Crippen LogP contribution in [-0.2, 0) is 9.53 Å². The molecule has 0 aliphatic carbocycles. The minimum atomic E-state index is -0.729. The van der Waals surface area contributed by atoms with E-state index in [0.717, 1.165) is 0 Å². The molecule has 0 aromatic heterocycles. The average Bonchev–Trinajstić information content (AvgIpc) is 2.61. The first-order valence-electron chi connectivity index (χ1n) is 8.69. The largest absolute Gasteiger partial charge is 0.370 e. The van der Waals surface area contributed by atoms with Crippen LogP contribution in [0.4, 0.5) is 5.69 Å². The van der Waals surface area contributed by atoms with Gasteiger partial charge in [0.2, 0.25) is 5.91 Å². The van der Waals surface area contributed by atoms with Gasteiger partial charge in [-0.1, -0.05) is 27.7 Å². The van der Waals surface area contributed by atoms with Crippen LogP contribution < -0.4 is 5.32 Å². The second-order valence-electron chi connectivity index (χ2n) is 4.84. The third-order valence-corrected chi connectivity index (χ3v) is 3.89. The molecule has 1 rings (SSSR count). The monoisotopic (exact) mass is 439 g/mol. The lowest BCUT2D eigenvalue weighted by atomic mass is 9.92. The summed E-state index contributed by atoms with van der Waals surface area (Å²) in [4.78, 5) is 35.3. The fourth-order valence-electron chi connectivity index (χ4n) is 2.39. The van der Waals surface area contributed by atoms with E-state index in [2.05, 4.69) is 5.32 Å². The number of carbonyl (C=O) groups is 3. The molecule has 0 heterocycles. The smallest absolute Gasteiger partial charge is 0.253 e. The SMILES string of the molecule is CC.CC.Cc1c(NC(=O)COCCCl)c(C)c(C(=O)Cl)c(C)c1C(=O)Cl.